The first kappa shape index (κ1) is 19.9. The predicted molar refractivity (Wildman–Crippen MR) is 101 cm³/mol. The van der Waals surface area contributed by atoms with E-state index in [1.165, 1.54) is 0 Å². The minimum Gasteiger partial charge on any atom is -0.444 e. The first-order valence-corrected chi connectivity index (χ1v) is 9.61. The Morgan fingerprint density at radius 1 is 1.37 bits per heavy atom. The second kappa shape index (κ2) is 7.64. The number of carbonyl (C=O) groups is 2. The molecule has 0 saturated carbocycles. The van der Waals surface area contributed by atoms with Crippen molar-refractivity contribution in [2.24, 2.45) is 0 Å². The molecule has 0 bridgehead atoms. The van der Waals surface area contributed by atoms with Crippen LogP contribution in [0.5, 0.6) is 0 Å². The van der Waals surface area contributed by atoms with Gasteiger partial charge in [-0.2, -0.15) is 0 Å². The summed E-state index contributed by atoms with van der Waals surface area (Å²) in [5.74, 6) is -0.140. The number of fused-ring (bicyclic) bond motifs is 1. The second-order valence-electron chi connectivity index (χ2n) is 7.91. The lowest BCUT2D eigenvalue weighted by molar-refractivity contribution is 0.0111. The van der Waals surface area contributed by atoms with Crippen molar-refractivity contribution in [2.45, 2.75) is 58.3 Å². The van der Waals surface area contributed by atoms with Gasteiger partial charge in [0.2, 0.25) is 0 Å². The largest absolute Gasteiger partial charge is 0.444 e. The summed E-state index contributed by atoms with van der Waals surface area (Å²) in [5.41, 5.74) is 0.687. The number of halogens is 1. The molecule has 2 aliphatic heterocycles. The van der Waals surface area contributed by atoms with Crippen molar-refractivity contribution in [3.63, 3.8) is 0 Å². The number of nitrogens with zero attached hydrogens (tertiary/aromatic N) is 3. The Balaban J connectivity index is 1.76. The molecule has 1 saturated heterocycles. The Bertz CT molecular complexity index is 734. The smallest absolute Gasteiger partial charge is 0.410 e. The van der Waals surface area contributed by atoms with E-state index >= 15 is 0 Å². The third kappa shape index (κ3) is 4.35. The quantitative estimate of drug-likeness (QED) is 0.732. The molecule has 2 amide bonds. The summed E-state index contributed by atoms with van der Waals surface area (Å²) >= 11 is 5.93. The first-order valence-electron chi connectivity index (χ1n) is 9.23. The van der Waals surface area contributed by atoms with Gasteiger partial charge in [0.05, 0.1) is 18.7 Å². The van der Waals surface area contributed by atoms with Gasteiger partial charge in [-0.25, -0.2) is 9.78 Å². The molecule has 1 aromatic heterocycles. The van der Waals surface area contributed by atoms with E-state index < -0.39 is 5.60 Å². The van der Waals surface area contributed by atoms with Crippen LogP contribution in [0.1, 0.15) is 50.2 Å². The number of rotatable bonds is 4. The molecule has 0 N–H and O–H groups in total. The van der Waals surface area contributed by atoms with E-state index in [1.54, 1.807) is 15.9 Å². The van der Waals surface area contributed by atoms with Crippen LogP contribution < -0.4 is 0 Å². The van der Waals surface area contributed by atoms with Gasteiger partial charge in [0, 0.05) is 25.3 Å². The van der Waals surface area contributed by atoms with Gasteiger partial charge in [-0.3, -0.25) is 4.79 Å². The van der Waals surface area contributed by atoms with Crippen LogP contribution in [0.25, 0.3) is 0 Å². The SMILES string of the molecule is CCOC[C@@H]1C[C@@H](N2Cc3ccc(Cl)nc3C2=O)CN1C(=O)OC(C)(C)C. The molecule has 8 heteroatoms. The second-order valence-corrected chi connectivity index (χ2v) is 8.30. The van der Waals surface area contributed by atoms with Crippen molar-refractivity contribution >= 4 is 23.6 Å². The first-order chi connectivity index (χ1) is 12.7. The summed E-state index contributed by atoms with van der Waals surface area (Å²) in [4.78, 5) is 33.1. The number of amides is 2. The number of pyridine rings is 1. The van der Waals surface area contributed by atoms with Crippen molar-refractivity contribution in [1.82, 2.24) is 14.8 Å². The molecule has 3 heterocycles. The maximum Gasteiger partial charge on any atom is 0.410 e. The van der Waals surface area contributed by atoms with Gasteiger partial charge in [-0.15, -0.1) is 0 Å². The summed E-state index contributed by atoms with van der Waals surface area (Å²) in [6.07, 6.45) is 0.271. The van der Waals surface area contributed by atoms with Gasteiger partial charge in [0.1, 0.15) is 16.4 Å². The lowest BCUT2D eigenvalue weighted by Crippen LogP contribution is -2.43. The van der Waals surface area contributed by atoms with Crippen LogP contribution >= 0.6 is 11.6 Å². The van der Waals surface area contributed by atoms with Gasteiger partial charge in [-0.05, 0) is 40.2 Å². The fourth-order valence-corrected chi connectivity index (χ4v) is 3.68. The van der Waals surface area contributed by atoms with Crippen LogP contribution in [0.15, 0.2) is 12.1 Å². The minimum absolute atomic E-state index is 0.108. The van der Waals surface area contributed by atoms with E-state index in [0.717, 1.165) is 5.56 Å². The van der Waals surface area contributed by atoms with Crippen LogP contribution in [0.2, 0.25) is 5.15 Å². The fraction of sp³-hybridized carbons (Fsp3) is 0.632. The van der Waals surface area contributed by atoms with E-state index in [0.29, 0.717) is 43.6 Å². The fourth-order valence-electron chi connectivity index (χ4n) is 3.54. The normalized spacial score (nSPS) is 22.3. The van der Waals surface area contributed by atoms with Gasteiger partial charge < -0.3 is 19.3 Å². The van der Waals surface area contributed by atoms with E-state index in [9.17, 15) is 9.59 Å². The summed E-state index contributed by atoms with van der Waals surface area (Å²) < 4.78 is 11.1. The Labute approximate surface area is 164 Å². The molecular formula is C19H26ClN3O4. The molecule has 2 aliphatic rings. The molecule has 0 aromatic carbocycles. The Kier molecular flexibility index (Phi) is 5.63. The maximum absolute atomic E-state index is 12.8. The molecule has 0 aliphatic carbocycles. The Morgan fingerprint density at radius 3 is 2.78 bits per heavy atom. The van der Waals surface area contributed by atoms with Crippen LogP contribution in [-0.2, 0) is 16.0 Å². The number of aromatic nitrogens is 1. The van der Waals surface area contributed by atoms with E-state index in [4.69, 9.17) is 21.1 Å². The van der Waals surface area contributed by atoms with E-state index in [2.05, 4.69) is 4.98 Å². The summed E-state index contributed by atoms with van der Waals surface area (Å²) in [6, 6.07) is 3.29. The van der Waals surface area contributed by atoms with Gasteiger partial charge >= 0.3 is 6.09 Å². The van der Waals surface area contributed by atoms with Crippen LogP contribution in [0, 0.1) is 0 Å². The molecule has 0 spiro atoms. The molecule has 148 valence electrons. The number of hydrogen-bond acceptors (Lipinski definition) is 5. The zero-order valence-electron chi connectivity index (χ0n) is 16.2. The molecular weight excluding hydrogens is 370 g/mol. The molecule has 27 heavy (non-hydrogen) atoms. The third-order valence-corrected chi connectivity index (χ3v) is 4.93. The van der Waals surface area contributed by atoms with E-state index in [1.807, 2.05) is 33.8 Å². The lowest BCUT2D eigenvalue weighted by atomic mass is 10.1. The molecule has 0 unspecified atom stereocenters. The highest BCUT2D eigenvalue weighted by molar-refractivity contribution is 6.29. The average Bonchev–Trinajstić information content (AvgIpc) is 3.13. The maximum atomic E-state index is 12.8. The lowest BCUT2D eigenvalue weighted by Gasteiger charge is -2.28. The molecule has 0 radical (unpaired) electrons. The summed E-state index contributed by atoms with van der Waals surface area (Å²) in [7, 11) is 0. The molecule has 2 atom stereocenters. The Hall–Kier alpha value is -1.86. The number of ether oxygens (including phenoxy) is 2. The highest BCUT2D eigenvalue weighted by Gasteiger charge is 2.44. The van der Waals surface area contributed by atoms with Crippen molar-refractivity contribution in [2.75, 3.05) is 19.8 Å². The van der Waals surface area contributed by atoms with Gasteiger partial charge in [0.25, 0.3) is 5.91 Å². The van der Waals surface area contributed by atoms with Crippen LogP contribution in [-0.4, -0.2) is 64.2 Å². The zero-order chi connectivity index (χ0) is 19.8. The number of hydrogen-bond donors (Lipinski definition) is 0. The Morgan fingerprint density at radius 2 is 2.11 bits per heavy atom. The van der Waals surface area contributed by atoms with Crippen molar-refractivity contribution in [1.29, 1.82) is 0 Å². The number of likely N-dealkylation sites (tertiary alicyclic amines) is 1. The highest BCUT2D eigenvalue weighted by Crippen LogP contribution is 2.31. The topological polar surface area (TPSA) is 72.0 Å². The molecule has 3 rings (SSSR count). The van der Waals surface area contributed by atoms with Crippen LogP contribution in [0.3, 0.4) is 0 Å². The zero-order valence-corrected chi connectivity index (χ0v) is 17.0. The van der Waals surface area contributed by atoms with E-state index in [-0.39, 0.29) is 24.1 Å². The van der Waals surface area contributed by atoms with Crippen LogP contribution in [0.4, 0.5) is 4.79 Å². The summed E-state index contributed by atoms with van der Waals surface area (Å²) in [5, 5.41) is 0.306. The van der Waals surface area contributed by atoms with Crippen molar-refractivity contribution in [3.8, 4) is 0 Å². The standard InChI is InChI=1S/C19H26ClN3O4/c1-5-26-11-14-8-13(10-23(14)18(25)27-19(2,3)4)22-9-12-6-7-15(20)21-16(12)17(22)24/h6-7,13-14H,5,8-11H2,1-4H3/t13-,14+/m1/s1. The highest BCUT2D eigenvalue weighted by atomic mass is 35.5. The average molecular weight is 396 g/mol. The van der Waals surface area contributed by atoms with Gasteiger partial charge in [-0.1, -0.05) is 17.7 Å². The molecule has 1 aromatic rings. The third-order valence-electron chi connectivity index (χ3n) is 4.72. The van der Waals surface area contributed by atoms with Crippen molar-refractivity contribution < 1.29 is 19.1 Å². The van der Waals surface area contributed by atoms with Crippen molar-refractivity contribution in [3.05, 3.63) is 28.5 Å². The predicted octanol–water partition coefficient (Wildman–Crippen LogP) is 3.11. The summed E-state index contributed by atoms with van der Waals surface area (Å²) in [6.45, 7) is 9.32. The molecule has 7 nitrogen and oxygen atoms in total. The number of carbonyl (C=O) groups excluding carboxylic acids is 2. The van der Waals surface area contributed by atoms with Gasteiger partial charge in [0.15, 0.2) is 0 Å². The molecule has 1 fully saturated rings. The monoisotopic (exact) mass is 395 g/mol. The minimum atomic E-state index is -0.578.